The van der Waals surface area contributed by atoms with Gasteiger partial charge in [0.1, 0.15) is 0 Å². The number of hydrogen-bond donors (Lipinski definition) is 0. The van der Waals surface area contributed by atoms with Crippen molar-refractivity contribution in [2.75, 3.05) is 6.54 Å². The maximum Gasteiger partial charge on any atom is 0.255 e. The second-order valence-corrected chi connectivity index (χ2v) is 5.29. The number of nitrogens with zero attached hydrogens (tertiary/aromatic N) is 3. The highest BCUT2D eigenvalue weighted by molar-refractivity contribution is 9.10. The number of nitriles is 1. The van der Waals surface area contributed by atoms with Gasteiger partial charge in [-0.1, -0.05) is 18.2 Å². The zero-order valence-electron chi connectivity index (χ0n) is 11.4. The summed E-state index contributed by atoms with van der Waals surface area (Å²) in [4.78, 5) is 18.5. The molecule has 5 heteroatoms. The number of amides is 1. The van der Waals surface area contributed by atoms with E-state index in [-0.39, 0.29) is 5.91 Å². The molecule has 1 amide bonds. The highest BCUT2D eigenvalue weighted by atomic mass is 79.9. The standard InChI is InChI=1S/C16H14BrN3O/c17-15-8-2-1-7-14(15)16(21)20(11-5-9-18)12-13-6-3-4-10-19-13/h1-4,6-8,10H,5,11-12H2. The Morgan fingerprint density at radius 3 is 2.67 bits per heavy atom. The van der Waals surface area contributed by atoms with Gasteiger partial charge in [0.05, 0.1) is 30.3 Å². The molecule has 0 N–H and O–H groups in total. The molecule has 0 unspecified atom stereocenters. The highest BCUT2D eigenvalue weighted by Crippen LogP contribution is 2.19. The molecular formula is C16H14BrN3O. The first kappa shape index (κ1) is 15.2. The van der Waals surface area contributed by atoms with Crippen LogP contribution in [0.1, 0.15) is 22.5 Å². The van der Waals surface area contributed by atoms with E-state index in [0.717, 1.165) is 10.2 Å². The van der Waals surface area contributed by atoms with E-state index in [2.05, 4.69) is 27.0 Å². The number of hydrogen-bond acceptors (Lipinski definition) is 3. The molecule has 0 fully saturated rings. The number of benzene rings is 1. The Bertz CT molecular complexity index is 652. The van der Waals surface area contributed by atoms with Gasteiger partial charge in [-0.25, -0.2) is 0 Å². The Labute approximate surface area is 132 Å². The summed E-state index contributed by atoms with van der Waals surface area (Å²) in [5, 5.41) is 8.78. The van der Waals surface area contributed by atoms with Gasteiger partial charge < -0.3 is 4.90 Å². The average Bonchev–Trinajstić information content (AvgIpc) is 2.52. The van der Waals surface area contributed by atoms with Gasteiger partial charge >= 0.3 is 0 Å². The zero-order valence-corrected chi connectivity index (χ0v) is 13.0. The fourth-order valence-corrected chi connectivity index (χ4v) is 2.38. The second kappa shape index (κ2) is 7.55. The Kier molecular flexibility index (Phi) is 5.47. The molecule has 21 heavy (non-hydrogen) atoms. The van der Waals surface area contributed by atoms with Gasteiger partial charge in [-0.05, 0) is 40.2 Å². The van der Waals surface area contributed by atoms with Crippen molar-refractivity contribution in [1.82, 2.24) is 9.88 Å². The van der Waals surface area contributed by atoms with Crippen molar-refractivity contribution in [2.24, 2.45) is 0 Å². The molecule has 0 spiro atoms. The summed E-state index contributed by atoms with van der Waals surface area (Å²) in [6.45, 7) is 0.774. The van der Waals surface area contributed by atoms with Crippen molar-refractivity contribution in [1.29, 1.82) is 5.26 Å². The third kappa shape index (κ3) is 4.14. The lowest BCUT2D eigenvalue weighted by Gasteiger charge is -2.22. The minimum absolute atomic E-state index is 0.108. The van der Waals surface area contributed by atoms with E-state index in [1.807, 2.05) is 36.4 Å². The maximum atomic E-state index is 12.6. The van der Waals surface area contributed by atoms with Gasteiger partial charge in [-0.2, -0.15) is 5.26 Å². The van der Waals surface area contributed by atoms with Crippen LogP contribution in [0.25, 0.3) is 0 Å². The molecule has 4 nitrogen and oxygen atoms in total. The minimum Gasteiger partial charge on any atom is -0.332 e. The zero-order chi connectivity index (χ0) is 15.1. The van der Waals surface area contributed by atoms with E-state index in [1.165, 1.54) is 0 Å². The molecule has 1 aromatic heterocycles. The third-order valence-corrected chi connectivity index (χ3v) is 3.66. The van der Waals surface area contributed by atoms with E-state index in [4.69, 9.17) is 5.26 Å². The molecule has 0 aliphatic heterocycles. The van der Waals surface area contributed by atoms with Crippen LogP contribution in [0.4, 0.5) is 0 Å². The molecule has 2 aromatic rings. The van der Waals surface area contributed by atoms with E-state index in [1.54, 1.807) is 17.2 Å². The second-order valence-electron chi connectivity index (χ2n) is 4.44. The largest absolute Gasteiger partial charge is 0.332 e. The summed E-state index contributed by atoms with van der Waals surface area (Å²) >= 11 is 3.39. The molecule has 1 heterocycles. The van der Waals surface area contributed by atoms with Crippen LogP contribution in [0, 0.1) is 11.3 Å². The number of aromatic nitrogens is 1. The SMILES string of the molecule is N#CCCN(Cc1ccccn1)C(=O)c1ccccc1Br. The predicted octanol–water partition coefficient (Wildman–Crippen LogP) is 3.40. The molecular weight excluding hydrogens is 330 g/mol. The number of carbonyl (C=O) groups excluding carboxylic acids is 1. The van der Waals surface area contributed by atoms with Gasteiger partial charge in [-0.15, -0.1) is 0 Å². The first-order chi connectivity index (χ1) is 10.2. The lowest BCUT2D eigenvalue weighted by atomic mass is 10.2. The normalized spacial score (nSPS) is 9.90. The summed E-state index contributed by atoms with van der Waals surface area (Å²) in [5.41, 5.74) is 1.39. The summed E-state index contributed by atoms with van der Waals surface area (Å²) in [6.07, 6.45) is 1.99. The summed E-state index contributed by atoms with van der Waals surface area (Å²) in [5.74, 6) is -0.108. The van der Waals surface area contributed by atoms with Crippen LogP contribution in [-0.4, -0.2) is 22.3 Å². The van der Waals surface area contributed by atoms with Gasteiger partial charge in [0, 0.05) is 17.2 Å². The molecule has 106 valence electrons. The van der Waals surface area contributed by atoms with Crippen molar-refractivity contribution in [3.8, 4) is 6.07 Å². The fraction of sp³-hybridized carbons (Fsp3) is 0.188. The van der Waals surface area contributed by atoms with E-state index < -0.39 is 0 Å². The van der Waals surface area contributed by atoms with Crippen molar-refractivity contribution < 1.29 is 4.79 Å². The van der Waals surface area contributed by atoms with Crippen molar-refractivity contribution >= 4 is 21.8 Å². The molecule has 0 saturated heterocycles. The van der Waals surface area contributed by atoms with Crippen LogP contribution in [0.2, 0.25) is 0 Å². The Hall–Kier alpha value is -2.19. The third-order valence-electron chi connectivity index (χ3n) is 2.96. The minimum atomic E-state index is -0.108. The number of carbonyl (C=O) groups is 1. The van der Waals surface area contributed by atoms with Gasteiger partial charge in [0.2, 0.25) is 0 Å². The fourth-order valence-electron chi connectivity index (χ4n) is 1.93. The van der Waals surface area contributed by atoms with Crippen molar-refractivity contribution in [3.63, 3.8) is 0 Å². The van der Waals surface area contributed by atoms with E-state index in [0.29, 0.717) is 25.1 Å². The lowest BCUT2D eigenvalue weighted by Crippen LogP contribution is -2.32. The van der Waals surface area contributed by atoms with Crippen LogP contribution in [0.15, 0.2) is 53.1 Å². The van der Waals surface area contributed by atoms with Crippen LogP contribution in [-0.2, 0) is 6.54 Å². The first-order valence-corrected chi connectivity index (χ1v) is 7.32. The molecule has 0 saturated carbocycles. The average molecular weight is 344 g/mol. The smallest absolute Gasteiger partial charge is 0.255 e. The molecule has 0 atom stereocenters. The van der Waals surface area contributed by atoms with Crippen LogP contribution >= 0.6 is 15.9 Å². The summed E-state index contributed by atoms with van der Waals surface area (Å²) in [7, 11) is 0. The van der Waals surface area contributed by atoms with Crippen molar-refractivity contribution in [3.05, 3.63) is 64.4 Å². The topological polar surface area (TPSA) is 57.0 Å². The Morgan fingerprint density at radius 1 is 1.24 bits per heavy atom. The number of halogens is 1. The van der Waals surface area contributed by atoms with E-state index >= 15 is 0 Å². The number of pyridine rings is 1. The van der Waals surface area contributed by atoms with Crippen LogP contribution < -0.4 is 0 Å². The Balaban J connectivity index is 2.21. The number of rotatable bonds is 5. The maximum absolute atomic E-state index is 12.6. The molecule has 0 aliphatic rings. The summed E-state index contributed by atoms with van der Waals surface area (Å²) < 4.78 is 0.748. The lowest BCUT2D eigenvalue weighted by molar-refractivity contribution is 0.0744. The molecule has 0 aliphatic carbocycles. The highest BCUT2D eigenvalue weighted by Gasteiger charge is 2.18. The first-order valence-electron chi connectivity index (χ1n) is 6.53. The van der Waals surface area contributed by atoms with Crippen molar-refractivity contribution in [2.45, 2.75) is 13.0 Å². The Morgan fingerprint density at radius 2 is 2.00 bits per heavy atom. The van der Waals surface area contributed by atoms with Crippen LogP contribution in [0.5, 0.6) is 0 Å². The van der Waals surface area contributed by atoms with Gasteiger partial charge in [0.25, 0.3) is 5.91 Å². The van der Waals surface area contributed by atoms with Crippen LogP contribution in [0.3, 0.4) is 0 Å². The molecule has 0 radical (unpaired) electrons. The predicted molar refractivity (Wildman–Crippen MR) is 83.3 cm³/mol. The summed E-state index contributed by atoms with van der Waals surface area (Å²) in [6, 6.07) is 14.9. The molecule has 2 rings (SSSR count). The van der Waals surface area contributed by atoms with E-state index in [9.17, 15) is 4.79 Å². The van der Waals surface area contributed by atoms with Gasteiger partial charge in [0.15, 0.2) is 0 Å². The molecule has 1 aromatic carbocycles. The molecule has 0 bridgehead atoms. The van der Waals surface area contributed by atoms with Gasteiger partial charge in [-0.3, -0.25) is 9.78 Å². The quantitative estimate of drug-likeness (QED) is 0.835. The monoisotopic (exact) mass is 343 g/mol.